The van der Waals surface area contributed by atoms with Crippen LogP contribution in [0.5, 0.6) is 5.75 Å². The highest BCUT2D eigenvalue weighted by Crippen LogP contribution is 2.28. The fourth-order valence-electron chi connectivity index (χ4n) is 4.65. The van der Waals surface area contributed by atoms with E-state index >= 15 is 0 Å². The maximum atomic E-state index is 13.5. The van der Waals surface area contributed by atoms with Crippen molar-refractivity contribution in [1.29, 1.82) is 0 Å². The monoisotopic (exact) mass is 592 g/mol. The minimum absolute atomic E-state index is 0.0204. The predicted molar refractivity (Wildman–Crippen MR) is 157 cm³/mol. The van der Waals surface area contributed by atoms with Gasteiger partial charge in [-0.3, -0.25) is 14.4 Å². The van der Waals surface area contributed by atoms with Crippen molar-refractivity contribution in [2.24, 2.45) is 0 Å². The summed E-state index contributed by atoms with van der Waals surface area (Å²) in [6.45, 7) is 0.178. The van der Waals surface area contributed by atoms with Crippen molar-refractivity contribution in [3.8, 4) is 5.75 Å². The van der Waals surface area contributed by atoms with Crippen molar-refractivity contribution in [3.63, 3.8) is 0 Å². The average Bonchev–Trinajstić information content (AvgIpc) is 2.98. The molecule has 0 saturated heterocycles. The molecule has 2 N–H and O–H groups in total. The molecule has 0 unspecified atom stereocenters. The van der Waals surface area contributed by atoms with Gasteiger partial charge in [0.05, 0.1) is 13.0 Å². The number of hydrogen-bond acceptors (Lipinski definition) is 4. The second-order valence-electron chi connectivity index (χ2n) is 10.00. The second kappa shape index (κ2) is 14.4. The zero-order valence-electron chi connectivity index (χ0n) is 23.3. The number of rotatable bonds is 11. The highest BCUT2D eigenvalue weighted by molar-refractivity contribution is 6.04. The largest absolute Gasteiger partial charge is 0.573 e. The lowest BCUT2D eigenvalue weighted by molar-refractivity contribution is -0.274. The van der Waals surface area contributed by atoms with Crippen LogP contribution in [0.4, 0.5) is 18.9 Å². The SMILES string of the molecule is O=C(O)CCNC(=O)c1ccc(N(Cc2ccc(C3=CCCCC3)cc2)C(=O)C=Cc2cccc(OC(F)(F)F)c2)cc1. The molecule has 2 amide bonds. The van der Waals surface area contributed by atoms with E-state index in [4.69, 9.17) is 5.11 Å². The number of carboxylic acid groups (broad SMARTS) is 1. The van der Waals surface area contributed by atoms with Gasteiger partial charge in [0.15, 0.2) is 0 Å². The maximum absolute atomic E-state index is 13.5. The maximum Gasteiger partial charge on any atom is 0.573 e. The van der Waals surface area contributed by atoms with E-state index in [2.05, 4.69) is 16.1 Å². The smallest absolute Gasteiger partial charge is 0.481 e. The van der Waals surface area contributed by atoms with Gasteiger partial charge in [0.1, 0.15) is 5.75 Å². The average molecular weight is 593 g/mol. The summed E-state index contributed by atoms with van der Waals surface area (Å²) in [4.78, 5) is 38.1. The van der Waals surface area contributed by atoms with E-state index in [9.17, 15) is 27.6 Å². The number of allylic oxidation sites excluding steroid dienone is 2. The number of amides is 2. The zero-order chi connectivity index (χ0) is 30.8. The minimum Gasteiger partial charge on any atom is -0.481 e. The topological polar surface area (TPSA) is 95.9 Å². The fourth-order valence-corrected chi connectivity index (χ4v) is 4.65. The summed E-state index contributed by atoms with van der Waals surface area (Å²) in [5, 5.41) is 11.3. The molecule has 224 valence electrons. The number of carbonyl (C=O) groups is 3. The molecule has 0 heterocycles. The lowest BCUT2D eigenvalue weighted by atomic mass is 9.93. The Morgan fingerprint density at radius 2 is 1.72 bits per heavy atom. The number of anilines is 1. The number of carbonyl (C=O) groups excluding carboxylic acids is 2. The molecule has 1 aliphatic carbocycles. The summed E-state index contributed by atoms with van der Waals surface area (Å²) >= 11 is 0. The van der Waals surface area contributed by atoms with Gasteiger partial charge < -0.3 is 20.1 Å². The number of nitrogens with one attached hydrogen (secondary N) is 1. The number of hydrogen-bond donors (Lipinski definition) is 2. The quantitative estimate of drug-likeness (QED) is 0.234. The summed E-state index contributed by atoms with van der Waals surface area (Å²) in [5.74, 6) is -2.30. The van der Waals surface area contributed by atoms with Crippen molar-refractivity contribution in [2.75, 3.05) is 11.4 Å². The van der Waals surface area contributed by atoms with E-state index in [1.54, 1.807) is 18.2 Å². The third kappa shape index (κ3) is 9.59. The first kappa shape index (κ1) is 31.1. The van der Waals surface area contributed by atoms with Crippen molar-refractivity contribution in [1.82, 2.24) is 5.32 Å². The first-order valence-electron chi connectivity index (χ1n) is 13.8. The molecule has 1 aliphatic rings. The highest BCUT2D eigenvalue weighted by atomic mass is 19.4. The standard InChI is InChI=1S/C33H31F3N2O5/c34-33(35,36)43-29-8-4-5-23(21-29)11-18-30(39)38(22-24-9-12-26(13-10-24)25-6-2-1-3-7-25)28-16-14-27(15-17-28)32(42)37-20-19-31(40)41/h4-6,8-18,21H,1-3,7,19-20,22H2,(H,37,42)(H,40,41). The molecule has 3 aromatic carbocycles. The van der Waals surface area contributed by atoms with E-state index < -0.39 is 29.9 Å². The van der Waals surface area contributed by atoms with E-state index in [0.717, 1.165) is 30.4 Å². The lowest BCUT2D eigenvalue weighted by Gasteiger charge is -2.22. The Hall–Kier alpha value is -4.86. The molecule has 10 heteroatoms. The Balaban J connectivity index is 1.55. The van der Waals surface area contributed by atoms with Crippen LogP contribution in [0.3, 0.4) is 0 Å². The van der Waals surface area contributed by atoms with Crippen molar-refractivity contribution >= 4 is 35.1 Å². The van der Waals surface area contributed by atoms with Crippen molar-refractivity contribution in [3.05, 3.63) is 107 Å². The Morgan fingerprint density at radius 3 is 2.37 bits per heavy atom. The van der Waals surface area contributed by atoms with Crippen LogP contribution in [-0.4, -0.2) is 35.8 Å². The summed E-state index contributed by atoms with van der Waals surface area (Å²) in [7, 11) is 0. The Labute approximate surface area is 247 Å². The van der Waals surface area contributed by atoms with Crippen LogP contribution in [0.15, 0.2) is 84.9 Å². The number of carboxylic acids is 1. The van der Waals surface area contributed by atoms with Crippen LogP contribution < -0.4 is 15.0 Å². The normalized spacial score (nSPS) is 13.3. The van der Waals surface area contributed by atoms with E-state index in [1.165, 1.54) is 59.4 Å². The van der Waals surface area contributed by atoms with Crippen LogP contribution >= 0.6 is 0 Å². The molecule has 0 aromatic heterocycles. The van der Waals surface area contributed by atoms with Gasteiger partial charge >= 0.3 is 12.3 Å². The van der Waals surface area contributed by atoms with Gasteiger partial charge in [-0.15, -0.1) is 13.2 Å². The van der Waals surface area contributed by atoms with Gasteiger partial charge in [-0.1, -0.05) is 42.5 Å². The van der Waals surface area contributed by atoms with Crippen molar-refractivity contribution in [2.45, 2.75) is 45.0 Å². The van der Waals surface area contributed by atoms with E-state index in [1.807, 2.05) is 24.3 Å². The van der Waals surface area contributed by atoms with Gasteiger partial charge in [0, 0.05) is 23.9 Å². The van der Waals surface area contributed by atoms with E-state index in [0.29, 0.717) is 16.8 Å². The third-order valence-electron chi connectivity index (χ3n) is 6.80. The Bertz CT molecular complexity index is 1500. The summed E-state index contributed by atoms with van der Waals surface area (Å²) in [5.41, 5.74) is 4.43. The fraction of sp³-hybridized carbons (Fsp3) is 0.242. The minimum atomic E-state index is -4.84. The summed E-state index contributed by atoms with van der Waals surface area (Å²) in [6, 6.07) is 19.5. The van der Waals surface area contributed by atoms with Crippen molar-refractivity contribution < 1.29 is 37.4 Å². The van der Waals surface area contributed by atoms with Crippen LogP contribution in [0.25, 0.3) is 11.6 Å². The molecule has 7 nitrogen and oxygen atoms in total. The summed E-state index contributed by atoms with van der Waals surface area (Å²) in [6.07, 6.45) is 4.31. The number of aliphatic carboxylic acids is 1. The molecule has 0 atom stereocenters. The highest BCUT2D eigenvalue weighted by Gasteiger charge is 2.31. The van der Waals surface area contributed by atoms with E-state index in [-0.39, 0.29) is 19.5 Å². The molecular weight excluding hydrogens is 561 g/mol. The Morgan fingerprint density at radius 1 is 0.977 bits per heavy atom. The molecule has 0 fully saturated rings. The van der Waals surface area contributed by atoms with Gasteiger partial charge in [-0.25, -0.2) is 0 Å². The number of benzene rings is 3. The third-order valence-corrected chi connectivity index (χ3v) is 6.80. The number of ether oxygens (including phenoxy) is 1. The molecular formula is C33H31F3N2O5. The number of nitrogens with zero attached hydrogens (tertiary/aromatic N) is 1. The van der Waals surface area contributed by atoms with Gasteiger partial charge in [0.2, 0.25) is 0 Å². The molecule has 0 saturated carbocycles. The van der Waals surface area contributed by atoms with Gasteiger partial charge in [-0.2, -0.15) is 0 Å². The molecule has 4 rings (SSSR count). The second-order valence-corrected chi connectivity index (χ2v) is 10.00. The van der Waals surface area contributed by atoms with Crippen LogP contribution in [0.1, 0.15) is 59.2 Å². The molecule has 0 radical (unpaired) electrons. The predicted octanol–water partition coefficient (Wildman–Crippen LogP) is 6.99. The number of alkyl halides is 3. The van der Waals surface area contributed by atoms with Crippen LogP contribution in [0.2, 0.25) is 0 Å². The molecule has 0 spiro atoms. The summed E-state index contributed by atoms with van der Waals surface area (Å²) < 4.78 is 41.9. The molecule has 43 heavy (non-hydrogen) atoms. The molecule has 0 aliphatic heterocycles. The number of halogens is 3. The van der Waals surface area contributed by atoms with Crippen LogP contribution in [0, 0.1) is 0 Å². The zero-order valence-corrected chi connectivity index (χ0v) is 23.3. The lowest BCUT2D eigenvalue weighted by Crippen LogP contribution is -2.29. The molecule has 0 bridgehead atoms. The first-order chi connectivity index (χ1) is 20.6. The molecule has 3 aromatic rings. The van der Waals surface area contributed by atoms with Gasteiger partial charge in [0.25, 0.3) is 11.8 Å². The first-order valence-corrected chi connectivity index (χ1v) is 13.8. The Kier molecular flexibility index (Phi) is 10.4. The van der Waals surface area contributed by atoms with Crippen LogP contribution in [-0.2, 0) is 16.1 Å². The van der Waals surface area contributed by atoms with Gasteiger partial charge in [-0.05, 0) is 90.4 Å².